The summed E-state index contributed by atoms with van der Waals surface area (Å²) in [5.41, 5.74) is 1.02. The van der Waals surface area contributed by atoms with Gasteiger partial charge in [-0.15, -0.1) is 0 Å². The molecule has 1 aliphatic heterocycles. The van der Waals surface area contributed by atoms with Crippen molar-refractivity contribution in [1.29, 1.82) is 0 Å². The second kappa shape index (κ2) is 4.53. The van der Waals surface area contributed by atoms with E-state index in [1.165, 1.54) is 0 Å². The van der Waals surface area contributed by atoms with Crippen molar-refractivity contribution in [3.63, 3.8) is 0 Å². The number of carbonyl (C=O) groups is 1. The van der Waals surface area contributed by atoms with Crippen molar-refractivity contribution < 1.29 is 14.6 Å². The van der Waals surface area contributed by atoms with Gasteiger partial charge in [-0.3, -0.25) is 4.79 Å². The predicted molar refractivity (Wildman–Crippen MR) is 59.8 cm³/mol. The van der Waals surface area contributed by atoms with Crippen LogP contribution in [0.5, 0.6) is 5.75 Å². The molecule has 1 heterocycles. The Balaban J connectivity index is 2.25. The van der Waals surface area contributed by atoms with Gasteiger partial charge in [0.2, 0.25) is 0 Å². The fourth-order valence-electron chi connectivity index (χ4n) is 2.19. The van der Waals surface area contributed by atoms with Gasteiger partial charge in [-0.05, 0) is 30.7 Å². The zero-order valence-corrected chi connectivity index (χ0v) is 9.14. The van der Waals surface area contributed by atoms with Gasteiger partial charge in [0.1, 0.15) is 11.8 Å². The van der Waals surface area contributed by atoms with Crippen LogP contribution in [0.15, 0.2) is 24.3 Å². The van der Waals surface area contributed by atoms with E-state index >= 15 is 0 Å². The largest absolute Gasteiger partial charge is 0.497 e. The fraction of sp³-hybridized carbons (Fsp3) is 0.417. The third-order valence-electron chi connectivity index (χ3n) is 3.01. The summed E-state index contributed by atoms with van der Waals surface area (Å²) < 4.78 is 5.14. The summed E-state index contributed by atoms with van der Waals surface area (Å²) in [5, 5.41) is 12.1. The highest BCUT2D eigenvalue weighted by Crippen LogP contribution is 2.29. The van der Waals surface area contributed by atoms with Gasteiger partial charge in [-0.25, -0.2) is 0 Å². The van der Waals surface area contributed by atoms with Gasteiger partial charge >= 0.3 is 5.97 Å². The minimum Gasteiger partial charge on any atom is -0.497 e. The molecule has 4 nitrogen and oxygen atoms in total. The molecule has 0 amide bonds. The fourth-order valence-corrected chi connectivity index (χ4v) is 2.19. The predicted octanol–water partition coefficient (Wildman–Crippen LogP) is 1.23. The average Bonchev–Trinajstić information content (AvgIpc) is 2.78. The number of ether oxygens (including phenoxy) is 1. The second-order valence-corrected chi connectivity index (χ2v) is 3.94. The van der Waals surface area contributed by atoms with Crippen molar-refractivity contribution in [2.45, 2.75) is 18.4 Å². The molecule has 1 fully saturated rings. The Labute approximate surface area is 94.2 Å². The molecule has 1 aromatic carbocycles. The molecule has 0 bridgehead atoms. The molecule has 4 heteroatoms. The topological polar surface area (TPSA) is 58.6 Å². The number of methoxy groups -OCH3 is 1. The zero-order chi connectivity index (χ0) is 11.5. The first-order valence-corrected chi connectivity index (χ1v) is 5.32. The summed E-state index contributed by atoms with van der Waals surface area (Å²) in [7, 11) is 1.61. The van der Waals surface area contributed by atoms with E-state index in [4.69, 9.17) is 9.84 Å². The average molecular weight is 221 g/mol. The minimum absolute atomic E-state index is 0.0348. The highest BCUT2D eigenvalue weighted by Gasteiger charge is 2.33. The number of aliphatic carboxylic acids is 1. The number of benzene rings is 1. The summed E-state index contributed by atoms with van der Waals surface area (Å²) >= 11 is 0. The van der Waals surface area contributed by atoms with E-state index in [1.807, 2.05) is 24.3 Å². The monoisotopic (exact) mass is 221 g/mol. The molecule has 0 aliphatic carbocycles. The molecule has 0 saturated carbocycles. The Hall–Kier alpha value is -1.55. The molecule has 0 radical (unpaired) electrons. The van der Waals surface area contributed by atoms with E-state index in [1.54, 1.807) is 7.11 Å². The summed E-state index contributed by atoms with van der Waals surface area (Å²) in [6, 6.07) is 7.14. The van der Waals surface area contributed by atoms with Crippen molar-refractivity contribution in [2.75, 3.05) is 13.7 Å². The number of carboxylic acid groups (broad SMARTS) is 1. The van der Waals surface area contributed by atoms with E-state index in [0.717, 1.165) is 24.3 Å². The van der Waals surface area contributed by atoms with Crippen molar-refractivity contribution in [1.82, 2.24) is 5.32 Å². The van der Waals surface area contributed by atoms with E-state index in [0.29, 0.717) is 0 Å². The first-order chi connectivity index (χ1) is 7.72. The van der Waals surface area contributed by atoms with Crippen LogP contribution in [0.25, 0.3) is 0 Å². The van der Waals surface area contributed by atoms with Gasteiger partial charge < -0.3 is 15.2 Å². The van der Waals surface area contributed by atoms with Gasteiger partial charge in [0, 0.05) is 5.92 Å². The van der Waals surface area contributed by atoms with E-state index < -0.39 is 12.0 Å². The Kier molecular flexibility index (Phi) is 3.10. The quantitative estimate of drug-likeness (QED) is 0.806. The smallest absolute Gasteiger partial charge is 0.321 e. The van der Waals surface area contributed by atoms with Crippen LogP contribution in [0.4, 0.5) is 0 Å². The van der Waals surface area contributed by atoms with Crippen LogP contribution < -0.4 is 10.1 Å². The molecule has 2 atom stereocenters. The maximum absolute atomic E-state index is 11.0. The third kappa shape index (κ3) is 2.02. The Morgan fingerprint density at radius 2 is 2.38 bits per heavy atom. The molecular formula is C12H15NO3. The maximum atomic E-state index is 11.0. The Morgan fingerprint density at radius 3 is 3.06 bits per heavy atom. The van der Waals surface area contributed by atoms with Crippen LogP contribution in [0, 0.1) is 0 Å². The summed E-state index contributed by atoms with van der Waals surface area (Å²) in [6.45, 7) is 0.749. The number of rotatable bonds is 3. The number of carboxylic acids is 1. The number of nitrogens with one attached hydrogen (secondary N) is 1. The zero-order valence-electron chi connectivity index (χ0n) is 9.14. The molecule has 1 saturated heterocycles. The molecular weight excluding hydrogens is 206 g/mol. The first-order valence-electron chi connectivity index (χ1n) is 5.32. The van der Waals surface area contributed by atoms with Crippen molar-refractivity contribution in [2.24, 2.45) is 0 Å². The molecule has 0 aromatic heterocycles. The SMILES string of the molecule is COc1cccc([C@H]2CCN[C@H]2C(=O)O)c1. The van der Waals surface area contributed by atoms with Gasteiger partial charge in [-0.1, -0.05) is 12.1 Å². The van der Waals surface area contributed by atoms with Crippen LogP contribution in [0.2, 0.25) is 0 Å². The lowest BCUT2D eigenvalue weighted by Crippen LogP contribution is -2.34. The van der Waals surface area contributed by atoms with Gasteiger partial charge in [0.25, 0.3) is 0 Å². The summed E-state index contributed by atoms with van der Waals surface area (Å²) in [4.78, 5) is 11.0. The normalized spacial score (nSPS) is 24.3. The molecule has 0 unspecified atom stereocenters. The van der Waals surface area contributed by atoms with E-state index in [9.17, 15) is 4.79 Å². The van der Waals surface area contributed by atoms with Gasteiger partial charge in [-0.2, -0.15) is 0 Å². The highest BCUT2D eigenvalue weighted by atomic mass is 16.5. The van der Waals surface area contributed by atoms with Crippen molar-refractivity contribution in [3.05, 3.63) is 29.8 Å². The molecule has 1 aromatic rings. The van der Waals surface area contributed by atoms with Crippen LogP contribution >= 0.6 is 0 Å². The van der Waals surface area contributed by atoms with Crippen LogP contribution in [-0.2, 0) is 4.79 Å². The van der Waals surface area contributed by atoms with Crippen LogP contribution in [0.1, 0.15) is 17.9 Å². The molecule has 16 heavy (non-hydrogen) atoms. The second-order valence-electron chi connectivity index (χ2n) is 3.94. The lowest BCUT2D eigenvalue weighted by Gasteiger charge is -2.16. The maximum Gasteiger partial charge on any atom is 0.321 e. The molecule has 0 spiro atoms. The molecule has 86 valence electrons. The Morgan fingerprint density at radius 1 is 1.56 bits per heavy atom. The standard InChI is InChI=1S/C12H15NO3/c1-16-9-4-2-3-8(7-9)10-5-6-13-11(10)12(14)15/h2-4,7,10-11,13H,5-6H2,1H3,(H,14,15)/t10-,11-/m1/s1. The van der Waals surface area contributed by atoms with Gasteiger partial charge in [0.15, 0.2) is 0 Å². The number of hydrogen-bond acceptors (Lipinski definition) is 3. The van der Waals surface area contributed by atoms with Crippen molar-refractivity contribution >= 4 is 5.97 Å². The molecule has 1 aliphatic rings. The lowest BCUT2D eigenvalue weighted by atomic mass is 9.92. The van der Waals surface area contributed by atoms with E-state index in [-0.39, 0.29) is 5.92 Å². The Bertz CT molecular complexity index is 392. The van der Waals surface area contributed by atoms with Crippen LogP contribution in [-0.4, -0.2) is 30.8 Å². The summed E-state index contributed by atoms with van der Waals surface area (Å²) in [6.07, 6.45) is 0.851. The van der Waals surface area contributed by atoms with Crippen molar-refractivity contribution in [3.8, 4) is 5.75 Å². The first kappa shape index (κ1) is 11.0. The third-order valence-corrected chi connectivity index (χ3v) is 3.01. The minimum atomic E-state index is -0.787. The summed E-state index contributed by atoms with van der Waals surface area (Å²) in [5.74, 6) is 0.0199. The van der Waals surface area contributed by atoms with E-state index in [2.05, 4.69) is 5.32 Å². The lowest BCUT2D eigenvalue weighted by molar-refractivity contribution is -0.139. The highest BCUT2D eigenvalue weighted by molar-refractivity contribution is 5.75. The van der Waals surface area contributed by atoms with Gasteiger partial charge in [0.05, 0.1) is 7.11 Å². The molecule has 2 N–H and O–H groups in total. The number of hydrogen-bond donors (Lipinski definition) is 2. The molecule has 2 rings (SSSR count). The van der Waals surface area contributed by atoms with Crippen LogP contribution in [0.3, 0.4) is 0 Å².